The van der Waals surface area contributed by atoms with Gasteiger partial charge < -0.3 is 5.32 Å². The molecule has 1 nitrogen and oxygen atoms in total. The Morgan fingerprint density at radius 1 is 1.21 bits per heavy atom. The number of rotatable bonds is 5. The highest BCUT2D eigenvalue weighted by Crippen LogP contribution is 2.34. The standard InChI is InChI=1S/C17H26ClN/c1-3-4-13-7-10-17(19-2)15(11-13)12-14-5-8-16(18)9-6-14/h5-6,8-9,13,15,17,19H,3-4,7,10-12H2,1-2H3. The summed E-state index contributed by atoms with van der Waals surface area (Å²) in [6, 6.07) is 9.07. The van der Waals surface area contributed by atoms with E-state index < -0.39 is 0 Å². The van der Waals surface area contributed by atoms with Crippen LogP contribution in [0.5, 0.6) is 0 Å². The summed E-state index contributed by atoms with van der Waals surface area (Å²) in [7, 11) is 2.11. The molecule has 1 aliphatic carbocycles. The van der Waals surface area contributed by atoms with E-state index in [4.69, 9.17) is 11.6 Å². The highest BCUT2D eigenvalue weighted by atomic mass is 35.5. The normalized spacial score (nSPS) is 27.4. The first kappa shape index (κ1) is 14.9. The van der Waals surface area contributed by atoms with E-state index in [1.54, 1.807) is 0 Å². The summed E-state index contributed by atoms with van der Waals surface area (Å²) in [6.07, 6.45) is 8.01. The van der Waals surface area contributed by atoms with Gasteiger partial charge in [-0.2, -0.15) is 0 Å². The van der Waals surface area contributed by atoms with Gasteiger partial charge in [-0.25, -0.2) is 0 Å². The molecule has 0 aliphatic heterocycles. The van der Waals surface area contributed by atoms with Crippen molar-refractivity contribution >= 4 is 11.6 Å². The zero-order chi connectivity index (χ0) is 13.7. The number of hydrogen-bond donors (Lipinski definition) is 1. The third kappa shape index (κ3) is 4.22. The SMILES string of the molecule is CCCC1CCC(NC)C(Cc2ccc(Cl)cc2)C1. The first-order chi connectivity index (χ1) is 9.22. The lowest BCUT2D eigenvalue weighted by atomic mass is 9.74. The van der Waals surface area contributed by atoms with E-state index in [0.29, 0.717) is 6.04 Å². The van der Waals surface area contributed by atoms with Gasteiger partial charge in [-0.05, 0) is 62.3 Å². The summed E-state index contributed by atoms with van der Waals surface area (Å²) in [6.45, 7) is 2.30. The molecule has 1 aliphatic rings. The van der Waals surface area contributed by atoms with Gasteiger partial charge in [0.15, 0.2) is 0 Å². The lowest BCUT2D eigenvalue weighted by Crippen LogP contribution is -2.39. The topological polar surface area (TPSA) is 12.0 Å². The van der Waals surface area contributed by atoms with Gasteiger partial charge in [0.2, 0.25) is 0 Å². The molecular weight excluding hydrogens is 254 g/mol. The van der Waals surface area contributed by atoms with E-state index in [0.717, 1.165) is 16.9 Å². The maximum absolute atomic E-state index is 5.96. The quantitative estimate of drug-likeness (QED) is 0.825. The van der Waals surface area contributed by atoms with Crippen LogP contribution in [0.15, 0.2) is 24.3 Å². The number of halogens is 1. The van der Waals surface area contributed by atoms with Gasteiger partial charge in [-0.3, -0.25) is 0 Å². The molecule has 0 aromatic heterocycles. The minimum absolute atomic E-state index is 0.684. The van der Waals surface area contributed by atoms with Crippen molar-refractivity contribution < 1.29 is 0 Å². The van der Waals surface area contributed by atoms with Crippen LogP contribution in [0.4, 0.5) is 0 Å². The molecule has 2 heteroatoms. The molecule has 1 fully saturated rings. The zero-order valence-electron chi connectivity index (χ0n) is 12.2. The summed E-state index contributed by atoms with van der Waals surface area (Å²) < 4.78 is 0. The summed E-state index contributed by atoms with van der Waals surface area (Å²) in [4.78, 5) is 0. The number of hydrogen-bond acceptors (Lipinski definition) is 1. The van der Waals surface area contributed by atoms with Crippen LogP contribution in [0, 0.1) is 11.8 Å². The van der Waals surface area contributed by atoms with Crippen LogP contribution in [0.25, 0.3) is 0 Å². The maximum Gasteiger partial charge on any atom is 0.0406 e. The average Bonchev–Trinajstić information content (AvgIpc) is 2.42. The molecule has 0 amide bonds. The molecule has 0 radical (unpaired) electrons. The molecule has 2 rings (SSSR count). The van der Waals surface area contributed by atoms with Crippen LogP contribution >= 0.6 is 11.6 Å². The summed E-state index contributed by atoms with van der Waals surface area (Å²) in [5.74, 6) is 1.71. The van der Waals surface area contributed by atoms with Crippen molar-refractivity contribution in [1.29, 1.82) is 0 Å². The van der Waals surface area contributed by atoms with Gasteiger partial charge in [-0.15, -0.1) is 0 Å². The highest BCUT2D eigenvalue weighted by molar-refractivity contribution is 6.30. The Kier molecular flexibility index (Phi) is 5.72. The number of nitrogens with one attached hydrogen (secondary N) is 1. The molecule has 0 heterocycles. The van der Waals surface area contributed by atoms with Crippen LogP contribution in [0.3, 0.4) is 0 Å². The molecule has 0 spiro atoms. The molecule has 106 valence electrons. The monoisotopic (exact) mass is 279 g/mol. The Labute approximate surface area is 122 Å². The second-order valence-electron chi connectivity index (χ2n) is 5.95. The molecule has 19 heavy (non-hydrogen) atoms. The van der Waals surface area contributed by atoms with Gasteiger partial charge in [0.05, 0.1) is 0 Å². The predicted molar refractivity (Wildman–Crippen MR) is 83.7 cm³/mol. The Hall–Kier alpha value is -0.530. The maximum atomic E-state index is 5.96. The fourth-order valence-corrected chi connectivity index (χ4v) is 3.69. The Bertz CT molecular complexity index is 373. The van der Waals surface area contributed by atoms with Gasteiger partial charge >= 0.3 is 0 Å². The molecule has 3 unspecified atom stereocenters. The van der Waals surface area contributed by atoms with Gasteiger partial charge in [0, 0.05) is 11.1 Å². The van der Waals surface area contributed by atoms with E-state index >= 15 is 0 Å². The molecule has 0 bridgehead atoms. The second kappa shape index (κ2) is 7.31. The molecule has 0 saturated heterocycles. The summed E-state index contributed by atoms with van der Waals surface area (Å²) in [5.41, 5.74) is 1.42. The minimum atomic E-state index is 0.684. The first-order valence-corrected chi connectivity index (χ1v) is 8.02. The zero-order valence-corrected chi connectivity index (χ0v) is 12.9. The minimum Gasteiger partial charge on any atom is -0.317 e. The van der Waals surface area contributed by atoms with Gasteiger partial charge in [0.25, 0.3) is 0 Å². The molecule has 1 saturated carbocycles. The van der Waals surface area contributed by atoms with Crippen LogP contribution in [0.1, 0.15) is 44.6 Å². The van der Waals surface area contributed by atoms with E-state index in [-0.39, 0.29) is 0 Å². The van der Waals surface area contributed by atoms with Crippen LogP contribution in [-0.4, -0.2) is 13.1 Å². The molecular formula is C17H26ClN. The lowest BCUT2D eigenvalue weighted by Gasteiger charge is -2.36. The first-order valence-electron chi connectivity index (χ1n) is 7.64. The Morgan fingerprint density at radius 3 is 2.58 bits per heavy atom. The van der Waals surface area contributed by atoms with Crippen LogP contribution in [0.2, 0.25) is 5.02 Å². The van der Waals surface area contributed by atoms with Crippen LogP contribution in [-0.2, 0) is 6.42 Å². The van der Waals surface area contributed by atoms with E-state index in [1.165, 1.54) is 44.1 Å². The largest absolute Gasteiger partial charge is 0.317 e. The smallest absolute Gasteiger partial charge is 0.0406 e. The van der Waals surface area contributed by atoms with Crippen molar-refractivity contribution in [3.05, 3.63) is 34.9 Å². The second-order valence-corrected chi connectivity index (χ2v) is 6.39. The fraction of sp³-hybridized carbons (Fsp3) is 0.647. The highest BCUT2D eigenvalue weighted by Gasteiger charge is 2.29. The Balaban J connectivity index is 1.99. The average molecular weight is 280 g/mol. The van der Waals surface area contributed by atoms with E-state index in [9.17, 15) is 0 Å². The van der Waals surface area contributed by atoms with Crippen molar-refractivity contribution in [3.8, 4) is 0 Å². The molecule has 1 N–H and O–H groups in total. The van der Waals surface area contributed by atoms with E-state index in [2.05, 4.69) is 31.4 Å². The predicted octanol–water partition coefficient (Wildman–Crippen LogP) is 4.69. The van der Waals surface area contributed by atoms with Crippen molar-refractivity contribution in [3.63, 3.8) is 0 Å². The third-order valence-electron chi connectivity index (χ3n) is 4.57. The van der Waals surface area contributed by atoms with Gasteiger partial charge in [-0.1, -0.05) is 43.5 Å². The van der Waals surface area contributed by atoms with Crippen molar-refractivity contribution in [2.75, 3.05) is 7.05 Å². The fourth-order valence-electron chi connectivity index (χ4n) is 3.56. The number of benzene rings is 1. The van der Waals surface area contributed by atoms with Crippen molar-refractivity contribution in [2.45, 2.75) is 51.5 Å². The van der Waals surface area contributed by atoms with Crippen LogP contribution < -0.4 is 5.32 Å². The third-order valence-corrected chi connectivity index (χ3v) is 4.82. The Morgan fingerprint density at radius 2 is 1.95 bits per heavy atom. The molecule has 3 atom stereocenters. The van der Waals surface area contributed by atoms with Gasteiger partial charge in [0.1, 0.15) is 0 Å². The van der Waals surface area contributed by atoms with Crippen molar-refractivity contribution in [1.82, 2.24) is 5.32 Å². The molecule has 1 aromatic carbocycles. The lowest BCUT2D eigenvalue weighted by molar-refractivity contribution is 0.200. The summed E-state index contributed by atoms with van der Waals surface area (Å²) in [5, 5.41) is 4.36. The molecule has 1 aromatic rings. The summed E-state index contributed by atoms with van der Waals surface area (Å²) >= 11 is 5.96. The van der Waals surface area contributed by atoms with E-state index in [1.807, 2.05) is 12.1 Å². The van der Waals surface area contributed by atoms with Crippen molar-refractivity contribution in [2.24, 2.45) is 11.8 Å².